The van der Waals surface area contributed by atoms with Crippen LogP contribution in [0.25, 0.3) is 0 Å². The van der Waals surface area contributed by atoms with Crippen LogP contribution >= 0.6 is 0 Å². The second kappa shape index (κ2) is 8.28. The highest BCUT2D eigenvalue weighted by Crippen LogP contribution is 2.08. The Hall–Kier alpha value is -0.890. The molecule has 0 fully saturated rings. The lowest BCUT2D eigenvalue weighted by Crippen LogP contribution is -2.19. The molecular formula is C14H22O2. The Morgan fingerprint density at radius 1 is 0.938 bits per heavy atom. The Labute approximate surface area is 98.1 Å². The van der Waals surface area contributed by atoms with Crippen molar-refractivity contribution in [3.63, 3.8) is 0 Å². The van der Waals surface area contributed by atoms with Crippen molar-refractivity contribution in [2.75, 3.05) is 0 Å². The molecule has 0 saturated heterocycles. The van der Waals surface area contributed by atoms with Crippen molar-refractivity contribution in [1.29, 1.82) is 0 Å². The molecule has 0 aromatic carbocycles. The number of aliphatic hydroxyl groups is 1. The summed E-state index contributed by atoms with van der Waals surface area (Å²) in [5.41, 5.74) is 0. The van der Waals surface area contributed by atoms with Gasteiger partial charge in [-0.05, 0) is 44.9 Å². The van der Waals surface area contributed by atoms with E-state index in [1.165, 1.54) is 12.8 Å². The molecule has 0 saturated carbocycles. The molecule has 1 rings (SSSR count). The highest BCUT2D eigenvalue weighted by atomic mass is 16.3. The van der Waals surface area contributed by atoms with Gasteiger partial charge in [0, 0.05) is 6.42 Å². The van der Waals surface area contributed by atoms with Crippen molar-refractivity contribution < 1.29 is 9.90 Å². The molecule has 0 bridgehead atoms. The average molecular weight is 222 g/mol. The van der Waals surface area contributed by atoms with Gasteiger partial charge in [-0.25, -0.2) is 0 Å². The summed E-state index contributed by atoms with van der Waals surface area (Å²) >= 11 is 0. The van der Waals surface area contributed by atoms with Crippen LogP contribution in [0.15, 0.2) is 24.3 Å². The molecule has 1 aliphatic carbocycles. The fourth-order valence-electron chi connectivity index (χ4n) is 1.80. The molecule has 0 heterocycles. The summed E-state index contributed by atoms with van der Waals surface area (Å²) in [5.74, 6) is -0.0184. The van der Waals surface area contributed by atoms with E-state index in [0.29, 0.717) is 12.8 Å². The van der Waals surface area contributed by atoms with E-state index in [1.807, 2.05) is 0 Å². The highest BCUT2D eigenvalue weighted by Gasteiger charge is 2.12. The molecule has 0 radical (unpaired) electrons. The van der Waals surface area contributed by atoms with Crippen LogP contribution in [0.4, 0.5) is 0 Å². The summed E-state index contributed by atoms with van der Waals surface area (Å²) in [6.45, 7) is 0. The summed E-state index contributed by atoms with van der Waals surface area (Å²) in [4.78, 5) is 11.5. The van der Waals surface area contributed by atoms with Crippen molar-refractivity contribution in [3.05, 3.63) is 24.3 Å². The standard InChI is InChI=1S/C14H22O2/c15-13-11-9-7-5-3-1-2-4-6-8-10-12-14(13)16/h5-8,13,15H,1-4,9-12H2/b7-5+,8-6+. The third-order valence-corrected chi connectivity index (χ3v) is 2.86. The maximum Gasteiger partial charge on any atom is 0.161 e. The summed E-state index contributed by atoms with van der Waals surface area (Å²) in [6, 6.07) is 0. The first-order chi connectivity index (χ1) is 7.80. The van der Waals surface area contributed by atoms with Crippen LogP contribution in [-0.4, -0.2) is 17.0 Å². The van der Waals surface area contributed by atoms with Gasteiger partial charge < -0.3 is 5.11 Å². The summed E-state index contributed by atoms with van der Waals surface area (Å²) in [6.07, 6.45) is 15.0. The Morgan fingerprint density at radius 3 is 2.19 bits per heavy atom. The minimum absolute atomic E-state index is 0.0184. The van der Waals surface area contributed by atoms with Crippen LogP contribution in [0.2, 0.25) is 0 Å². The van der Waals surface area contributed by atoms with Crippen LogP contribution in [0.5, 0.6) is 0 Å². The Bertz CT molecular complexity index is 253. The molecular weight excluding hydrogens is 200 g/mol. The summed E-state index contributed by atoms with van der Waals surface area (Å²) in [7, 11) is 0. The topological polar surface area (TPSA) is 37.3 Å². The molecule has 0 spiro atoms. The van der Waals surface area contributed by atoms with Crippen LogP contribution in [-0.2, 0) is 4.79 Å². The molecule has 2 heteroatoms. The van der Waals surface area contributed by atoms with Crippen LogP contribution in [0, 0.1) is 0 Å². The number of ketones is 1. The van der Waals surface area contributed by atoms with Gasteiger partial charge in [0.05, 0.1) is 0 Å². The lowest BCUT2D eigenvalue weighted by molar-refractivity contribution is -0.127. The summed E-state index contributed by atoms with van der Waals surface area (Å²) in [5, 5.41) is 9.58. The van der Waals surface area contributed by atoms with Crippen LogP contribution in [0.1, 0.15) is 51.4 Å². The minimum atomic E-state index is -0.763. The number of hydrogen-bond donors (Lipinski definition) is 1. The molecule has 0 aromatic rings. The van der Waals surface area contributed by atoms with Gasteiger partial charge in [0.15, 0.2) is 5.78 Å². The zero-order valence-electron chi connectivity index (χ0n) is 9.90. The fraction of sp³-hybridized carbons (Fsp3) is 0.643. The number of rotatable bonds is 0. The molecule has 0 aromatic heterocycles. The maximum atomic E-state index is 11.5. The van der Waals surface area contributed by atoms with E-state index in [9.17, 15) is 9.90 Å². The van der Waals surface area contributed by atoms with Gasteiger partial charge in [-0.3, -0.25) is 4.79 Å². The Balaban J connectivity index is 2.40. The van der Waals surface area contributed by atoms with E-state index in [4.69, 9.17) is 0 Å². The number of carbonyl (C=O) groups is 1. The monoisotopic (exact) mass is 222 g/mol. The molecule has 1 atom stereocenters. The van der Waals surface area contributed by atoms with E-state index >= 15 is 0 Å². The van der Waals surface area contributed by atoms with Crippen LogP contribution in [0.3, 0.4) is 0 Å². The smallest absolute Gasteiger partial charge is 0.161 e. The first-order valence-corrected chi connectivity index (χ1v) is 6.31. The van der Waals surface area contributed by atoms with E-state index < -0.39 is 6.10 Å². The first-order valence-electron chi connectivity index (χ1n) is 6.31. The average Bonchev–Trinajstić information content (AvgIpc) is 2.29. The predicted octanol–water partition coefficient (Wildman–Crippen LogP) is 3.16. The zero-order valence-corrected chi connectivity index (χ0v) is 9.90. The number of aliphatic hydroxyl groups excluding tert-OH is 1. The van der Waals surface area contributed by atoms with E-state index in [0.717, 1.165) is 25.7 Å². The lowest BCUT2D eigenvalue weighted by Gasteiger charge is -2.07. The van der Waals surface area contributed by atoms with Crippen LogP contribution < -0.4 is 0 Å². The van der Waals surface area contributed by atoms with Crippen molar-refractivity contribution in [2.45, 2.75) is 57.5 Å². The second-order valence-corrected chi connectivity index (χ2v) is 4.33. The third-order valence-electron chi connectivity index (χ3n) is 2.86. The van der Waals surface area contributed by atoms with Gasteiger partial charge in [0.25, 0.3) is 0 Å². The molecule has 0 amide bonds. The molecule has 1 aliphatic rings. The van der Waals surface area contributed by atoms with E-state index in [-0.39, 0.29) is 5.78 Å². The number of Topliss-reactive ketones (excluding diaryl/α,β-unsaturated/α-hetero) is 1. The molecule has 90 valence electrons. The molecule has 1 N–H and O–H groups in total. The largest absolute Gasteiger partial charge is 0.385 e. The number of allylic oxidation sites excluding steroid dienone is 4. The number of hydrogen-bond acceptors (Lipinski definition) is 2. The summed E-state index contributed by atoms with van der Waals surface area (Å²) < 4.78 is 0. The number of carbonyl (C=O) groups excluding carboxylic acids is 1. The van der Waals surface area contributed by atoms with Crippen molar-refractivity contribution in [1.82, 2.24) is 0 Å². The molecule has 2 nitrogen and oxygen atoms in total. The quantitative estimate of drug-likeness (QED) is 0.639. The molecule has 0 aliphatic heterocycles. The van der Waals surface area contributed by atoms with Gasteiger partial charge in [-0.2, -0.15) is 0 Å². The predicted molar refractivity (Wildman–Crippen MR) is 66.2 cm³/mol. The highest BCUT2D eigenvalue weighted by molar-refractivity contribution is 5.82. The van der Waals surface area contributed by atoms with E-state index in [2.05, 4.69) is 24.3 Å². The maximum absolute atomic E-state index is 11.5. The van der Waals surface area contributed by atoms with Gasteiger partial charge in [0.2, 0.25) is 0 Å². The van der Waals surface area contributed by atoms with Crippen molar-refractivity contribution in [3.8, 4) is 0 Å². The van der Waals surface area contributed by atoms with Gasteiger partial charge >= 0.3 is 0 Å². The third kappa shape index (κ3) is 5.86. The van der Waals surface area contributed by atoms with Gasteiger partial charge in [-0.15, -0.1) is 0 Å². The van der Waals surface area contributed by atoms with Crippen molar-refractivity contribution in [2.24, 2.45) is 0 Å². The molecule has 1 unspecified atom stereocenters. The van der Waals surface area contributed by atoms with E-state index in [1.54, 1.807) is 0 Å². The zero-order chi connectivity index (χ0) is 11.6. The second-order valence-electron chi connectivity index (χ2n) is 4.33. The minimum Gasteiger partial charge on any atom is -0.385 e. The molecule has 16 heavy (non-hydrogen) atoms. The first kappa shape index (κ1) is 13.2. The normalized spacial score (nSPS) is 29.3. The lowest BCUT2D eigenvalue weighted by atomic mass is 10.0. The Kier molecular flexibility index (Phi) is 6.82. The van der Waals surface area contributed by atoms with Crippen molar-refractivity contribution >= 4 is 5.78 Å². The van der Waals surface area contributed by atoms with Gasteiger partial charge in [0.1, 0.15) is 6.10 Å². The van der Waals surface area contributed by atoms with Gasteiger partial charge in [-0.1, -0.05) is 24.3 Å². The SMILES string of the molecule is O=C1CC/C=C/CCCC/C=C/CCC1O. The Morgan fingerprint density at radius 2 is 1.50 bits per heavy atom. The fourth-order valence-corrected chi connectivity index (χ4v) is 1.80.